The number of hydrogen-bond donors (Lipinski definition) is 2. The van der Waals surface area contributed by atoms with E-state index in [2.05, 4.69) is 5.32 Å². The van der Waals surface area contributed by atoms with Crippen LogP contribution >= 0.6 is 0 Å². The molecule has 0 radical (unpaired) electrons. The van der Waals surface area contributed by atoms with Crippen LogP contribution in [0.1, 0.15) is 27.7 Å². The summed E-state index contributed by atoms with van der Waals surface area (Å²) < 4.78 is 5.21. The lowest BCUT2D eigenvalue weighted by Crippen LogP contribution is -2.57. The summed E-state index contributed by atoms with van der Waals surface area (Å²) >= 11 is 0. The van der Waals surface area contributed by atoms with Crippen LogP contribution in [-0.2, 0) is 9.53 Å². The van der Waals surface area contributed by atoms with Crippen LogP contribution in [-0.4, -0.2) is 59.9 Å². The molecule has 5 nitrogen and oxygen atoms in total. The van der Waals surface area contributed by atoms with Crippen LogP contribution < -0.4 is 5.32 Å². The zero-order chi connectivity index (χ0) is 13.1. The standard InChI is InChI=1S/C12H24N2O3/c1-9(13-12(3,4)10(2)15)11(16)14-5-7-17-8-6-14/h9-10,13,15H,5-8H2,1-4H3. The zero-order valence-corrected chi connectivity index (χ0v) is 11.2. The van der Waals surface area contributed by atoms with Gasteiger partial charge in [-0.15, -0.1) is 0 Å². The lowest BCUT2D eigenvalue weighted by molar-refractivity contribution is -0.137. The highest BCUT2D eigenvalue weighted by Gasteiger charge is 2.30. The summed E-state index contributed by atoms with van der Waals surface area (Å²) in [6.07, 6.45) is -0.512. The number of rotatable bonds is 4. The van der Waals surface area contributed by atoms with E-state index < -0.39 is 11.6 Å². The summed E-state index contributed by atoms with van der Waals surface area (Å²) in [5.41, 5.74) is -0.471. The Kier molecular flexibility index (Phi) is 4.91. The second-order valence-electron chi connectivity index (χ2n) is 5.20. The molecule has 5 heteroatoms. The number of aliphatic hydroxyl groups excluding tert-OH is 1. The molecule has 2 N–H and O–H groups in total. The van der Waals surface area contributed by atoms with Crippen molar-refractivity contribution in [2.45, 2.75) is 45.4 Å². The Hall–Kier alpha value is -0.650. The molecule has 1 aliphatic heterocycles. The predicted molar refractivity (Wildman–Crippen MR) is 65.8 cm³/mol. The second-order valence-corrected chi connectivity index (χ2v) is 5.20. The first kappa shape index (κ1) is 14.4. The minimum Gasteiger partial charge on any atom is -0.392 e. The van der Waals surface area contributed by atoms with Crippen molar-refractivity contribution in [1.82, 2.24) is 10.2 Å². The van der Waals surface area contributed by atoms with Crippen LogP contribution in [0, 0.1) is 0 Å². The Balaban J connectivity index is 2.51. The van der Waals surface area contributed by atoms with Gasteiger partial charge in [0.2, 0.25) is 5.91 Å². The van der Waals surface area contributed by atoms with Crippen molar-refractivity contribution in [3.63, 3.8) is 0 Å². The van der Waals surface area contributed by atoms with E-state index in [1.807, 2.05) is 20.8 Å². The highest BCUT2D eigenvalue weighted by molar-refractivity contribution is 5.81. The van der Waals surface area contributed by atoms with Gasteiger partial charge in [0.15, 0.2) is 0 Å². The monoisotopic (exact) mass is 244 g/mol. The first-order valence-electron chi connectivity index (χ1n) is 6.17. The summed E-state index contributed by atoms with van der Waals surface area (Å²) in [5, 5.41) is 12.8. The van der Waals surface area contributed by atoms with Gasteiger partial charge in [-0.05, 0) is 27.7 Å². The van der Waals surface area contributed by atoms with Gasteiger partial charge in [0, 0.05) is 18.6 Å². The van der Waals surface area contributed by atoms with Crippen LogP contribution in [0.5, 0.6) is 0 Å². The van der Waals surface area contributed by atoms with Crippen molar-refractivity contribution < 1.29 is 14.6 Å². The molecule has 0 aromatic heterocycles. The van der Waals surface area contributed by atoms with E-state index in [1.54, 1.807) is 11.8 Å². The number of nitrogens with zero attached hydrogens (tertiary/aromatic N) is 1. The van der Waals surface area contributed by atoms with E-state index in [-0.39, 0.29) is 11.9 Å². The number of nitrogens with one attached hydrogen (secondary N) is 1. The van der Waals surface area contributed by atoms with Gasteiger partial charge >= 0.3 is 0 Å². The summed E-state index contributed by atoms with van der Waals surface area (Å²) in [7, 11) is 0. The van der Waals surface area contributed by atoms with Crippen molar-refractivity contribution >= 4 is 5.91 Å². The fourth-order valence-corrected chi connectivity index (χ4v) is 1.80. The Morgan fingerprint density at radius 2 is 1.88 bits per heavy atom. The van der Waals surface area contributed by atoms with E-state index in [9.17, 15) is 9.90 Å². The molecular formula is C12H24N2O3. The van der Waals surface area contributed by atoms with E-state index in [4.69, 9.17) is 4.74 Å². The van der Waals surface area contributed by atoms with Crippen LogP contribution in [0.4, 0.5) is 0 Å². The van der Waals surface area contributed by atoms with Gasteiger partial charge in [0.1, 0.15) is 0 Å². The molecule has 1 fully saturated rings. The summed E-state index contributed by atoms with van der Waals surface area (Å²) in [6.45, 7) is 9.86. The zero-order valence-electron chi connectivity index (χ0n) is 11.2. The van der Waals surface area contributed by atoms with E-state index in [1.165, 1.54) is 0 Å². The molecule has 1 amide bonds. The van der Waals surface area contributed by atoms with Gasteiger partial charge in [-0.25, -0.2) is 0 Å². The smallest absolute Gasteiger partial charge is 0.239 e. The number of carbonyl (C=O) groups excluding carboxylic acids is 1. The molecule has 0 bridgehead atoms. The van der Waals surface area contributed by atoms with E-state index in [0.29, 0.717) is 26.3 Å². The maximum atomic E-state index is 12.1. The van der Waals surface area contributed by atoms with Crippen LogP contribution in [0.2, 0.25) is 0 Å². The minimum atomic E-state index is -0.512. The van der Waals surface area contributed by atoms with Gasteiger partial charge in [0.05, 0.1) is 25.4 Å². The lowest BCUT2D eigenvalue weighted by atomic mass is 9.97. The molecule has 0 saturated carbocycles. The fraction of sp³-hybridized carbons (Fsp3) is 0.917. The van der Waals surface area contributed by atoms with Crippen molar-refractivity contribution in [3.05, 3.63) is 0 Å². The summed E-state index contributed by atoms with van der Waals surface area (Å²) in [4.78, 5) is 13.9. The molecule has 1 heterocycles. The Labute approximate surface area is 103 Å². The Morgan fingerprint density at radius 3 is 2.35 bits per heavy atom. The van der Waals surface area contributed by atoms with E-state index >= 15 is 0 Å². The molecule has 100 valence electrons. The number of aliphatic hydroxyl groups is 1. The largest absolute Gasteiger partial charge is 0.392 e. The molecule has 0 aromatic rings. The highest BCUT2D eigenvalue weighted by Crippen LogP contribution is 2.11. The average molecular weight is 244 g/mol. The van der Waals surface area contributed by atoms with Crippen molar-refractivity contribution in [2.75, 3.05) is 26.3 Å². The van der Waals surface area contributed by atoms with Gasteiger partial charge in [-0.2, -0.15) is 0 Å². The van der Waals surface area contributed by atoms with Crippen molar-refractivity contribution in [2.24, 2.45) is 0 Å². The number of morpholine rings is 1. The molecule has 0 spiro atoms. The second kappa shape index (κ2) is 5.80. The molecule has 1 rings (SSSR count). The van der Waals surface area contributed by atoms with Crippen molar-refractivity contribution in [3.8, 4) is 0 Å². The third kappa shape index (κ3) is 3.94. The van der Waals surface area contributed by atoms with Gasteiger partial charge in [-0.3, -0.25) is 10.1 Å². The lowest BCUT2D eigenvalue weighted by Gasteiger charge is -2.35. The van der Waals surface area contributed by atoms with Gasteiger partial charge < -0.3 is 14.7 Å². The first-order chi connectivity index (χ1) is 7.84. The maximum Gasteiger partial charge on any atom is 0.239 e. The number of ether oxygens (including phenoxy) is 1. The molecule has 1 saturated heterocycles. The Morgan fingerprint density at radius 1 is 1.35 bits per heavy atom. The topological polar surface area (TPSA) is 61.8 Å². The fourth-order valence-electron chi connectivity index (χ4n) is 1.80. The maximum absolute atomic E-state index is 12.1. The normalized spacial score (nSPS) is 21.1. The van der Waals surface area contributed by atoms with E-state index in [0.717, 1.165) is 0 Å². The van der Waals surface area contributed by atoms with Gasteiger partial charge in [-0.1, -0.05) is 0 Å². The number of hydrogen-bond acceptors (Lipinski definition) is 4. The molecule has 0 aromatic carbocycles. The SMILES string of the molecule is CC(NC(C)(C)C(C)O)C(=O)N1CCOCC1. The summed E-state index contributed by atoms with van der Waals surface area (Å²) in [5.74, 6) is 0.0713. The van der Waals surface area contributed by atoms with Crippen LogP contribution in [0.15, 0.2) is 0 Å². The molecule has 17 heavy (non-hydrogen) atoms. The van der Waals surface area contributed by atoms with Crippen LogP contribution in [0.25, 0.3) is 0 Å². The third-order valence-electron chi connectivity index (χ3n) is 3.33. The molecule has 2 atom stereocenters. The first-order valence-corrected chi connectivity index (χ1v) is 6.17. The average Bonchev–Trinajstić information content (AvgIpc) is 2.28. The molecular weight excluding hydrogens is 220 g/mol. The van der Waals surface area contributed by atoms with Gasteiger partial charge in [0.25, 0.3) is 0 Å². The predicted octanol–water partition coefficient (Wildman–Crippen LogP) is -0.0173. The quantitative estimate of drug-likeness (QED) is 0.730. The number of carbonyl (C=O) groups is 1. The molecule has 2 unspecified atom stereocenters. The minimum absolute atomic E-state index is 0.0713. The number of amides is 1. The summed E-state index contributed by atoms with van der Waals surface area (Å²) in [6, 6.07) is -0.294. The Bertz CT molecular complexity index is 260. The highest BCUT2D eigenvalue weighted by atomic mass is 16.5. The molecule has 0 aliphatic carbocycles. The van der Waals surface area contributed by atoms with Crippen LogP contribution in [0.3, 0.4) is 0 Å². The molecule has 1 aliphatic rings. The van der Waals surface area contributed by atoms with Crippen molar-refractivity contribution in [1.29, 1.82) is 0 Å². The third-order valence-corrected chi connectivity index (χ3v) is 3.33.